The van der Waals surface area contributed by atoms with E-state index in [0.717, 1.165) is 29.9 Å². The van der Waals surface area contributed by atoms with Crippen molar-refractivity contribution in [2.75, 3.05) is 27.2 Å². The van der Waals surface area contributed by atoms with E-state index < -0.39 is 0 Å². The van der Waals surface area contributed by atoms with Crippen molar-refractivity contribution >= 4 is 0 Å². The highest BCUT2D eigenvalue weighted by Gasteiger charge is 2.16. The van der Waals surface area contributed by atoms with Crippen molar-refractivity contribution < 1.29 is 26.2 Å². The standard InChI is InChI=1S/C18H24NO.BrH/c1-16-9-7-8-10-17(16)15-19(2,3)13-14-20-18-11-5-4-6-12-18;/h4-12H,13-15H2,1-3H3;1H/q+1;/p-1. The first-order valence-corrected chi connectivity index (χ1v) is 7.11. The maximum Gasteiger partial charge on any atom is 0.137 e. The Hall–Kier alpha value is -1.32. The molecule has 114 valence electrons. The monoisotopic (exact) mass is 349 g/mol. The zero-order valence-electron chi connectivity index (χ0n) is 13.1. The zero-order valence-corrected chi connectivity index (χ0v) is 14.6. The van der Waals surface area contributed by atoms with Crippen molar-refractivity contribution in [2.45, 2.75) is 13.5 Å². The molecule has 0 aliphatic rings. The highest BCUT2D eigenvalue weighted by atomic mass is 79.9. The van der Waals surface area contributed by atoms with Gasteiger partial charge in [-0.1, -0.05) is 42.5 Å². The quantitative estimate of drug-likeness (QED) is 0.696. The van der Waals surface area contributed by atoms with Crippen LogP contribution in [0.4, 0.5) is 0 Å². The molecule has 0 saturated heterocycles. The first-order chi connectivity index (χ1) is 9.57. The summed E-state index contributed by atoms with van der Waals surface area (Å²) in [7, 11) is 4.50. The number of rotatable bonds is 6. The minimum Gasteiger partial charge on any atom is -1.00 e. The Bertz CT molecular complexity index is 540. The first-order valence-electron chi connectivity index (χ1n) is 7.11. The predicted octanol–water partition coefficient (Wildman–Crippen LogP) is 0.654. The van der Waals surface area contributed by atoms with Crippen LogP contribution in [0.3, 0.4) is 0 Å². The molecule has 0 N–H and O–H groups in total. The summed E-state index contributed by atoms with van der Waals surface area (Å²) in [5.74, 6) is 0.948. The Morgan fingerprint density at radius 1 is 0.905 bits per heavy atom. The summed E-state index contributed by atoms with van der Waals surface area (Å²) in [4.78, 5) is 0. The third kappa shape index (κ3) is 5.90. The lowest BCUT2D eigenvalue weighted by Gasteiger charge is -2.30. The molecular formula is C18H24BrNO. The molecule has 21 heavy (non-hydrogen) atoms. The smallest absolute Gasteiger partial charge is 0.137 e. The number of benzene rings is 2. The predicted molar refractivity (Wildman–Crippen MR) is 83.8 cm³/mol. The van der Waals surface area contributed by atoms with E-state index in [4.69, 9.17) is 4.74 Å². The van der Waals surface area contributed by atoms with Gasteiger partial charge in [-0.2, -0.15) is 0 Å². The van der Waals surface area contributed by atoms with Gasteiger partial charge < -0.3 is 26.2 Å². The number of quaternary nitrogens is 1. The normalized spacial score (nSPS) is 10.8. The summed E-state index contributed by atoms with van der Waals surface area (Å²) in [6, 6.07) is 18.6. The average molecular weight is 350 g/mol. The molecule has 0 aromatic heterocycles. The fraction of sp³-hybridized carbons (Fsp3) is 0.333. The molecule has 0 fully saturated rings. The lowest BCUT2D eigenvalue weighted by Crippen LogP contribution is -3.00. The van der Waals surface area contributed by atoms with E-state index in [1.807, 2.05) is 30.3 Å². The van der Waals surface area contributed by atoms with Gasteiger partial charge in [0.05, 0.1) is 14.1 Å². The number of halogens is 1. The number of hydrogen-bond acceptors (Lipinski definition) is 1. The molecule has 0 heterocycles. The van der Waals surface area contributed by atoms with Crippen molar-refractivity contribution in [3.8, 4) is 5.75 Å². The van der Waals surface area contributed by atoms with E-state index in [9.17, 15) is 0 Å². The van der Waals surface area contributed by atoms with Crippen molar-refractivity contribution in [3.05, 3.63) is 65.7 Å². The van der Waals surface area contributed by atoms with Gasteiger partial charge in [-0.05, 0) is 24.6 Å². The molecule has 3 heteroatoms. The third-order valence-electron chi connectivity index (χ3n) is 3.57. The van der Waals surface area contributed by atoms with E-state index in [1.54, 1.807) is 0 Å². The highest BCUT2D eigenvalue weighted by Crippen LogP contribution is 2.14. The van der Waals surface area contributed by atoms with Crippen LogP contribution in [0.15, 0.2) is 54.6 Å². The van der Waals surface area contributed by atoms with Gasteiger partial charge in [0.25, 0.3) is 0 Å². The lowest BCUT2D eigenvalue weighted by atomic mass is 10.1. The zero-order chi connectivity index (χ0) is 14.4. The highest BCUT2D eigenvalue weighted by molar-refractivity contribution is 5.24. The van der Waals surface area contributed by atoms with Crippen LogP contribution in [-0.4, -0.2) is 31.7 Å². The molecule has 0 spiro atoms. The summed E-state index contributed by atoms with van der Waals surface area (Å²) >= 11 is 0. The van der Waals surface area contributed by atoms with Crippen LogP contribution < -0.4 is 21.7 Å². The number of para-hydroxylation sites is 1. The van der Waals surface area contributed by atoms with Crippen molar-refractivity contribution in [1.82, 2.24) is 0 Å². The number of likely N-dealkylation sites (N-methyl/N-ethyl adjacent to an activating group) is 1. The Kier molecular flexibility index (Phi) is 6.93. The van der Waals surface area contributed by atoms with Crippen LogP contribution in [0.2, 0.25) is 0 Å². The van der Waals surface area contributed by atoms with Crippen LogP contribution in [0.5, 0.6) is 5.75 Å². The average Bonchev–Trinajstić information content (AvgIpc) is 2.42. The lowest BCUT2D eigenvalue weighted by molar-refractivity contribution is -0.903. The molecule has 2 nitrogen and oxygen atoms in total. The molecule has 0 amide bonds. The fourth-order valence-electron chi connectivity index (χ4n) is 2.26. The third-order valence-corrected chi connectivity index (χ3v) is 3.57. The Labute approximate surface area is 138 Å². The van der Waals surface area contributed by atoms with Gasteiger partial charge in [-0.25, -0.2) is 0 Å². The Morgan fingerprint density at radius 2 is 1.52 bits per heavy atom. The SMILES string of the molecule is Cc1ccccc1C[N+](C)(C)CCOc1ccccc1.[Br-]. The molecule has 0 radical (unpaired) electrons. The van der Waals surface area contributed by atoms with Crippen LogP contribution >= 0.6 is 0 Å². The fourth-order valence-corrected chi connectivity index (χ4v) is 2.26. The molecule has 0 aliphatic heterocycles. The van der Waals surface area contributed by atoms with E-state index in [1.165, 1.54) is 11.1 Å². The first kappa shape index (κ1) is 17.7. The van der Waals surface area contributed by atoms with Crippen LogP contribution in [0.1, 0.15) is 11.1 Å². The second kappa shape index (κ2) is 8.20. The number of ether oxygens (including phenoxy) is 1. The number of hydrogen-bond donors (Lipinski definition) is 0. The van der Waals surface area contributed by atoms with E-state index >= 15 is 0 Å². The minimum absolute atomic E-state index is 0. The summed E-state index contributed by atoms with van der Waals surface area (Å²) in [5, 5.41) is 0. The molecular weight excluding hydrogens is 326 g/mol. The van der Waals surface area contributed by atoms with Crippen LogP contribution in [0, 0.1) is 6.92 Å². The van der Waals surface area contributed by atoms with Crippen molar-refractivity contribution in [3.63, 3.8) is 0 Å². The summed E-state index contributed by atoms with van der Waals surface area (Å²) in [5.41, 5.74) is 2.78. The van der Waals surface area contributed by atoms with E-state index in [2.05, 4.69) is 45.3 Å². The summed E-state index contributed by atoms with van der Waals surface area (Å²) in [6.45, 7) is 4.94. The minimum atomic E-state index is 0. The van der Waals surface area contributed by atoms with Crippen molar-refractivity contribution in [2.24, 2.45) is 0 Å². The van der Waals surface area contributed by atoms with Gasteiger partial charge in [0.1, 0.15) is 25.4 Å². The van der Waals surface area contributed by atoms with Gasteiger partial charge in [-0.3, -0.25) is 0 Å². The molecule has 0 unspecified atom stereocenters. The van der Waals surface area contributed by atoms with Gasteiger partial charge in [0.2, 0.25) is 0 Å². The molecule has 0 atom stereocenters. The second-order valence-electron chi connectivity index (χ2n) is 5.91. The van der Waals surface area contributed by atoms with Crippen LogP contribution in [-0.2, 0) is 6.54 Å². The largest absolute Gasteiger partial charge is 1.00 e. The van der Waals surface area contributed by atoms with Crippen LogP contribution in [0.25, 0.3) is 0 Å². The second-order valence-corrected chi connectivity index (χ2v) is 5.91. The van der Waals surface area contributed by atoms with Crippen molar-refractivity contribution in [1.29, 1.82) is 0 Å². The number of nitrogens with zero attached hydrogens (tertiary/aromatic N) is 1. The molecule has 2 aromatic rings. The Balaban J connectivity index is 0.00000220. The molecule has 0 bridgehead atoms. The Morgan fingerprint density at radius 3 is 2.19 bits per heavy atom. The molecule has 2 aromatic carbocycles. The van der Waals surface area contributed by atoms with Gasteiger partial charge in [0, 0.05) is 5.56 Å². The topological polar surface area (TPSA) is 9.23 Å². The number of aryl methyl sites for hydroxylation is 1. The maximum atomic E-state index is 5.79. The van der Waals surface area contributed by atoms with Gasteiger partial charge in [-0.15, -0.1) is 0 Å². The van der Waals surface area contributed by atoms with Gasteiger partial charge >= 0.3 is 0 Å². The van der Waals surface area contributed by atoms with E-state index in [0.29, 0.717) is 0 Å². The summed E-state index contributed by atoms with van der Waals surface area (Å²) in [6.07, 6.45) is 0. The molecule has 0 saturated carbocycles. The summed E-state index contributed by atoms with van der Waals surface area (Å²) < 4.78 is 6.72. The van der Waals surface area contributed by atoms with E-state index in [-0.39, 0.29) is 17.0 Å². The maximum absolute atomic E-state index is 5.79. The molecule has 0 aliphatic carbocycles. The molecule has 2 rings (SSSR count). The van der Waals surface area contributed by atoms with Gasteiger partial charge in [0.15, 0.2) is 0 Å².